The molecule has 0 aromatic carbocycles. The van der Waals surface area contributed by atoms with Crippen LogP contribution in [0, 0.1) is 19.0 Å². The van der Waals surface area contributed by atoms with Crippen molar-refractivity contribution in [3.8, 4) is 12.0 Å². The summed E-state index contributed by atoms with van der Waals surface area (Å²) < 4.78 is 15.7. The van der Waals surface area contributed by atoms with E-state index in [1.54, 1.807) is 0 Å². The van der Waals surface area contributed by atoms with Gasteiger partial charge in [0.25, 0.3) is 0 Å². The molecule has 0 amide bonds. The molecule has 0 atom stereocenters. The molecule has 0 N–H and O–H groups in total. The van der Waals surface area contributed by atoms with E-state index in [2.05, 4.69) is 23.7 Å². The van der Waals surface area contributed by atoms with Gasteiger partial charge in [0.15, 0.2) is 0 Å². The second kappa shape index (κ2) is 6.29. The fourth-order valence-corrected chi connectivity index (χ4v) is 0.200. The smallest absolute Gasteiger partial charge is 0.110 e. The molecule has 0 aromatic rings. The minimum atomic E-state index is -0.409. The second-order valence-electron chi connectivity index (χ2n) is 1.07. The Hall–Kier alpha value is -0.710. The summed E-state index contributed by atoms with van der Waals surface area (Å²) in [6.45, 7) is 3.27. The van der Waals surface area contributed by atoms with Gasteiger partial charge in [-0.15, -0.1) is 0 Å². The van der Waals surface area contributed by atoms with Crippen molar-refractivity contribution in [3.63, 3.8) is 0 Å². The molecule has 1 radical (unpaired) electrons. The van der Waals surface area contributed by atoms with Gasteiger partial charge < -0.3 is 4.74 Å². The molecule has 45 valence electrons. The molecular formula is C6H8FO. The van der Waals surface area contributed by atoms with Crippen LogP contribution in [-0.2, 0) is 4.74 Å². The van der Waals surface area contributed by atoms with Gasteiger partial charge in [-0.05, 0) is 6.92 Å². The topological polar surface area (TPSA) is 9.23 Å². The van der Waals surface area contributed by atoms with E-state index >= 15 is 0 Å². The van der Waals surface area contributed by atoms with Gasteiger partial charge in [0.2, 0.25) is 0 Å². The number of halogens is 1. The van der Waals surface area contributed by atoms with Gasteiger partial charge in [-0.3, -0.25) is 4.39 Å². The highest BCUT2D eigenvalue weighted by atomic mass is 19.1. The van der Waals surface area contributed by atoms with Gasteiger partial charge in [0.1, 0.15) is 19.4 Å². The average Bonchev–Trinajstić information content (AvgIpc) is 1.81. The zero-order valence-electron chi connectivity index (χ0n) is 4.61. The SMILES string of the molecule is [CH2]COC#CCCF. The van der Waals surface area contributed by atoms with Crippen LogP contribution in [0.25, 0.3) is 0 Å². The lowest BCUT2D eigenvalue weighted by Crippen LogP contribution is -1.77. The van der Waals surface area contributed by atoms with Crippen LogP contribution in [0.15, 0.2) is 0 Å². The van der Waals surface area contributed by atoms with Gasteiger partial charge in [0.05, 0.1) is 0 Å². The van der Waals surface area contributed by atoms with Crippen molar-refractivity contribution < 1.29 is 9.13 Å². The van der Waals surface area contributed by atoms with Crippen molar-refractivity contribution in [1.29, 1.82) is 0 Å². The maximum atomic E-state index is 11.2. The predicted octanol–water partition coefficient (Wildman–Crippen LogP) is 1.16. The van der Waals surface area contributed by atoms with Crippen LogP contribution in [0.4, 0.5) is 4.39 Å². The molecule has 0 spiro atoms. The Balaban J connectivity index is 2.95. The monoisotopic (exact) mass is 115 g/mol. The zero-order valence-corrected chi connectivity index (χ0v) is 4.61. The standard InChI is InChI=1S/C6H8FO/c1-2-8-6-4-3-5-7/h1-3,5H2. The molecule has 0 unspecified atom stereocenters. The normalized spacial score (nSPS) is 7.25. The first-order chi connectivity index (χ1) is 3.91. The van der Waals surface area contributed by atoms with Crippen LogP contribution in [-0.4, -0.2) is 13.3 Å². The van der Waals surface area contributed by atoms with Crippen molar-refractivity contribution in [2.24, 2.45) is 0 Å². The first-order valence-electron chi connectivity index (χ1n) is 2.36. The van der Waals surface area contributed by atoms with Crippen molar-refractivity contribution in [2.45, 2.75) is 6.42 Å². The Labute approximate surface area is 48.8 Å². The van der Waals surface area contributed by atoms with Gasteiger partial charge in [-0.25, -0.2) is 0 Å². The molecule has 0 bridgehead atoms. The number of hydrogen-bond acceptors (Lipinski definition) is 1. The molecule has 0 fully saturated rings. The van der Waals surface area contributed by atoms with E-state index in [-0.39, 0.29) is 6.42 Å². The highest BCUT2D eigenvalue weighted by Gasteiger charge is 1.71. The number of hydrogen-bond donors (Lipinski definition) is 0. The number of alkyl halides is 1. The van der Waals surface area contributed by atoms with E-state index in [0.29, 0.717) is 6.61 Å². The molecule has 0 aliphatic heterocycles. The second-order valence-corrected chi connectivity index (χ2v) is 1.07. The fourth-order valence-electron chi connectivity index (χ4n) is 0.200. The van der Waals surface area contributed by atoms with Gasteiger partial charge >= 0.3 is 0 Å². The molecule has 0 aliphatic rings. The third-order valence-corrected chi connectivity index (χ3v) is 0.466. The Bertz CT molecular complexity index is 80.4. The summed E-state index contributed by atoms with van der Waals surface area (Å²) in [4.78, 5) is 0. The Morgan fingerprint density at radius 1 is 1.62 bits per heavy atom. The summed E-state index contributed by atoms with van der Waals surface area (Å²) in [6, 6.07) is 0. The summed E-state index contributed by atoms with van der Waals surface area (Å²) in [5.74, 6) is 2.45. The summed E-state index contributed by atoms with van der Waals surface area (Å²) in [5, 5.41) is 0. The first-order valence-corrected chi connectivity index (χ1v) is 2.36. The van der Waals surface area contributed by atoms with Crippen LogP contribution >= 0.6 is 0 Å². The Morgan fingerprint density at radius 3 is 2.88 bits per heavy atom. The molecule has 0 saturated carbocycles. The minimum Gasteiger partial charge on any atom is -0.447 e. The lowest BCUT2D eigenvalue weighted by atomic mass is 10.5. The van der Waals surface area contributed by atoms with Crippen molar-refractivity contribution in [3.05, 3.63) is 6.92 Å². The molecule has 0 rings (SSSR count). The predicted molar refractivity (Wildman–Crippen MR) is 29.7 cm³/mol. The molecule has 0 aliphatic carbocycles. The molecular weight excluding hydrogens is 107 g/mol. The lowest BCUT2D eigenvalue weighted by Gasteiger charge is -1.82. The first kappa shape index (κ1) is 7.29. The molecule has 0 saturated heterocycles. The van der Waals surface area contributed by atoms with Crippen LogP contribution in [0.2, 0.25) is 0 Å². The molecule has 1 nitrogen and oxygen atoms in total. The van der Waals surface area contributed by atoms with Gasteiger partial charge in [-0.1, -0.05) is 5.92 Å². The highest BCUT2D eigenvalue weighted by Crippen LogP contribution is 1.75. The molecule has 2 heteroatoms. The Morgan fingerprint density at radius 2 is 2.38 bits per heavy atom. The van der Waals surface area contributed by atoms with E-state index in [9.17, 15) is 4.39 Å². The average molecular weight is 115 g/mol. The summed E-state index contributed by atoms with van der Waals surface area (Å²) in [7, 11) is 0. The van der Waals surface area contributed by atoms with Crippen LogP contribution in [0.1, 0.15) is 6.42 Å². The van der Waals surface area contributed by atoms with E-state index in [0.717, 1.165) is 0 Å². The largest absolute Gasteiger partial charge is 0.447 e. The van der Waals surface area contributed by atoms with E-state index in [1.807, 2.05) is 0 Å². The van der Waals surface area contributed by atoms with Crippen LogP contribution in [0.5, 0.6) is 0 Å². The summed E-state index contributed by atoms with van der Waals surface area (Å²) in [5.41, 5.74) is 0. The fraction of sp³-hybridized carbons (Fsp3) is 0.500. The van der Waals surface area contributed by atoms with Crippen LogP contribution in [0.3, 0.4) is 0 Å². The van der Waals surface area contributed by atoms with E-state index < -0.39 is 6.67 Å². The van der Waals surface area contributed by atoms with Crippen molar-refractivity contribution in [1.82, 2.24) is 0 Å². The maximum absolute atomic E-state index is 11.2. The summed E-state index contributed by atoms with van der Waals surface area (Å²) in [6.07, 6.45) is 2.53. The van der Waals surface area contributed by atoms with Crippen molar-refractivity contribution >= 4 is 0 Å². The quantitative estimate of drug-likeness (QED) is 0.490. The number of rotatable bonds is 2. The van der Waals surface area contributed by atoms with Gasteiger partial charge in [-0.2, -0.15) is 0 Å². The highest BCUT2D eigenvalue weighted by molar-refractivity contribution is 4.90. The van der Waals surface area contributed by atoms with E-state index in [1.165, 1.54) is 0 Å². The zero-order chi connectivity index (χ0) is 6.24. The molecule has 0 aromatic heterocycles. The van der Waals surface area contributed by atoms with E-state index in [4.69, 9.17) is 0 Å². The lowest BCUT2D eigenvalue weighted by molar-refractivity contribution is 0.318. The Kier molecular flexibility index (Phi) is 5.73. The number of ether oxygens (including phenoxy) is 1. The minimum absolute atomic E-state index is 0.250. The third kappa shape index (κ3) is 5.29. The molecule has 8 heavy (non-hydrogen) atoms. The van der Waals surface area contributed by atoms with Crippen molar-refractivity contribution in [2.75, 3.05) is 13.3 Å². The molecule has 0 heterocycles. The third-order valence-electron chi connectivity index (χ3n) is 0.466. The van der Waals surface area contributed by atoms with Crippen LogP contribution < -0.4 is 0 Å². The van der Waals surface area contributed by atoms with Gasteiger partial charge in [0, 0.05) is 6.42 Å². The summed E-state index contributed by atoms with van der Waals surface area (Å²) >= 11 is 0. The maximum Gasteiger partial charge on any atom is 0.110 e.